The first kappa shape index (κ1) is 35.8. The minimum atomic E-state index is 0.559. The Balaban J connectivity index is 1.14. The van der Waals surface area contributed by atoms with Crippen molar-refractivity contribution in [2.45, 2.75) is 0 Å². The van der Waals surface area contributed by atoms with Crippen molar-refractivity contribution >= 4 is 53.3 Å². The van der Waals surface area contributed by atoms with E-state index >= 15 is 0 Å². The molecule has 12 rings (SSSR count). The molecule has 8 aromatic carbocycles. The number of rotatable bonds is 7. The van der Waals surface area contributed by atoms with E-state index in [9.17, 15) is 0 Å². The first-order valence-corrected chi connectivity index (χ1v) is 21.5. The molecule has 0 saturated carbocycles. The third-order valence-corrected chi connectivity index (χ3v) is 12.8. The van der Waals surface area contributed by atoms with E-state index in [4.69, 9.17) is 19.9 Å². The molecule has 0 aliphatic heterocycles. The highest BCUT2D eigenvalue weighted by molar-refractivity contribution is 7.26. The molecule has 0 atom stereocenters. The van der Waals surface area contributed by atoms with Gasteiger partial charge in [0.05, 0.1) is 16.7 Å². The Hall–Kier alpha value is -8.06. The van der Waals surface area contributed by atoms with Gasteiger partial charge in [-0.25, -0.2) is 15.0 Å². The van der Waals surface area contributed by atoms with Crippen LogP contribution in [0, 0.1) is 0 Å². The van der Waals surface area contributed by atoms with Gasteiger partial charge in [0.2, 0.25) is 0 Å². The second-order valence-corrected chi connectivity index (χ2v) is 16.5. The maximum absolute atomic E-state index is 5.43. The Kier molecular flexibility index (Phi) is 8.61. The maximum Gasteiger partial charge on any atom is 0.166 e. The van der Waals surface area contributed by atoms with Gasteiger partial charge in [0, 0.05) is 70.6 Å². The van der Waals surface area contributed by atoms with Gasteiger partial charge in [0.1, 0.15) is 0 Å². The standard InChI is InChI=1S/C56H35N5S/c1-5-18-36(19-6-1)41-26-13-14-27-42(41)39-32-47(56-59-54(37-20-7-2-8-21-37)58-55(60-56)38-22-9-3-10-23-38)53(57-35-39)44-29-17-31-50-52(44)46-33-45-43-28-15-16-30-48(43)61(40-24-11-4-12-25-40)49(45)34-51(46)62-50/h1-35H. The Labute approximate surface area is 361 Å². The Morgan fingerprint density at radius 3 is 1.61 bits per heavy atom. The molecule has 0 N–H and O–H groups in total. The van der Waals surface area contributed by atoms with E-state index in [2.05, 4.69) is 150 Å². The Morgan fingerprint density at radius 1 is 0.355 bits per heavy atom. The summed E-state index contributed by atoms with van der Waals surface area (Å²) in [5, 5.41) is 4.79. The number of aromatic nitrogens is 5. The highest BCUT2D eigenvalue weighted by Gasteiger charge is 2.23. The van der Waals surface area contributed by atoms with Crippen LogP contribution in [0.1, 0.15) is 0 Å². The van der Waals surface area contributed by atoms with Gasteiger partial charge in [0.15, 0.2) is 17.5 Å². The van der Waals surface area contributed by atoms with Gasteiger partial charge in [-0.05, 0) is 59.2 Å². The van der Waals surface area contributed by atoms with Crippen molar-refractivity contribution in [1.29, 1.82) is 0 Å². The zero-order chi connectivity index (χ0) is 41.0. The molecule has 0 unspecified atom stereocenters. The average molecular weight is 810 g/mol. The van der Waals surface area contributed by atoms with E-state index in [0.717, 1.165) is 61.3 Å². The van der Waals surface area contributed by atoms with Crippen LogP contribution < -0.4 is 0 Å². The molecule has 0 spiro atoms. The fraction of sp³-hybridized carbons (Fsp3) is 0. The number of hydrogen-bond acceptors (Lipinski definition) is 5. The summed E-state index contributed by atoms with van der Waals surface area (Å²) in [6.45, 7) is 0. The number of para-hydroxylation sites is 2. The SMILES string of the molecule is c1ccc(-c2nc(-c3ccccc3)nc(-c3cc(-c4ccccc4-c4ccccc4)cnc3-c3cccc4sc5cc6c(cc5c34)c3ccccc3n6-c3ccccc3)n2)cc1. The topological polar surface area (TPSA) is 56.5 Å². The molecule has 290 valence electrons. The summed E-state index contributed by atoms with van der Waals surface area (Å²) in [5.74, 6) is 1.77. The lowest BCUT2D eigenvalue weighted by Crippen LogP contribution is -2.02. The molecular formula is C56H35N5S. The van der Waals surface area contributed by atoms with Gasteiger partial charge < -0.3 is 4.57 Å². The van der Waals surface area contributed by atoms with Crippen molar-refractivity contribution in [2.75, 3.05) is 0 Å². The van der Waals surface area contributed by atoms with E-state index in [1.165, 1.54) is 36.6 Å². The highest BCUT2D eigenvalue weighted by Crippen LogP contribution is 2.46. The van der Waals surface area contributed by atoms with E-state index in [1.807, 2.05) is 78.2 Å². The van der Waals surface area contributed by atoms with Gasteiger partial charge in [-0.1, -0.05) is 164 Å². The van der Waals surface area contributed by atoms with Crippen molar-refractivity contribution in [2.24, 2.45) is 0 Å². The Morgan fingerprint density at radius 2 is 0.919 bits per heavy atom. The minimum absolute atomic E-state index is 0.559. The molecule has 0 saturated heterocycles. The lowest BCUT2D eigenvalue weighted by Gasteiger charge is -2.15. The largest absolute Gasteiger partial charge is 0.309 e. The van der Waals surface area contributed by atoms with Crippen molar-refractivity contribution in [1.82, 2.24) is 24.5 Å². The zero-order valence-corrected chi connectivity index (χ0v) is 34.2. The number of pyridine rings is 1. The van der Waals surface area contributed by atoms with Crippen LogP contribution in [0.5, 0.6) is 0 Å². The molecule has 0 bridgehead atoms. The maximum atomic E-state index is 5.43. The van der Waals surface area contributed by atoms with Crippen LogP contribution >= 0.6 is 11.3 Å². The summed E-state index contributed by atoms with van der Waals surface area (Å²) < 4.78 is 4.79. The van der Waals surface area contributed by atoms with Crippen LogP contribution in [-0.2, 0) is 0 Å². The summed E-state index contributed by atoms with van der Waals surface area (Å²) in [5.41, 5.74) is 12.3. The second-order valence-electron chi connectivity index (χ2n) is 15.4. The first-order chi connectivity index (χ1) is 30.7. The van der Waals surface area contributed by atoms with E-state index in [1.54, 1.807) is 0 Å². The predicted molar refractivity (Wildman–Crippen MR) is 257 cm³/mol. The molecule has 6 heteroatoms. The number of nitrogens with zero attached hydrogens (tertiary/aromatic N) is 5. The number of fused-ring (bicyclic) bond motifs is 6. The van der Waals surface area contributed by atoms with Crippen LogP contribution in [0.15, 0.2) is 212 Å². The fourth-order valence-corrected chi connectivity index (χ4v) is 10.0. The molecule has 0 aliphatic carbocycles. The first-order valence-electron chi connectivity index (χ1n) is 20.7. The molecule has 0 amide bonds. The molecule has 4 aromatic heterocycles. The van der Waals surface area contributed by atoms with E-state index in [0.29, 0.717) is 17.5 Å². The molecule has 0 fully saturated rings. The molecule has 4 heterocycles. The second kappa shape index (κ2) is 14.9. The lowest BCUT2D eigenvalue weighted by atomic mass is 9.93. The van der Waals surface area contributed by atoms with Crippen molar-refractivity contribution < 1.29 is 0 Å². The van der Waals surface area contributed by atoms with Gasteiger partial charge in [-0.15, -0.1) is 11.3 Å². The summed E-state index contributed by atoms with van der Waals surface area (Å²) >= 11 is 1.82. The zero-order valence-electron chi connectivity index (χ0n) is 33.4. The summed E-state index contributed by atoms with van der Waals surface area (Å²) in [6, 6.07) is 72.3. The highest BCUT2D eigenvalue weighted by atomic mass is 32.1. The van der Waals surface area contributed by atoms with Crippen molar-refractivity contribution in [3.05, 3.63) is 212 Å². The predicted octanol–water partition coefficient (Wildman–Crippen LogP) is 14.7. The van der Waals surface area contributed by atoms with Crippen LogP contribution in [0.25, 0.3) is 115 Å². The number of benzene rings is 8. The molecule has 0 radical (unpaired) electrons. The van der Waals surface area contributed by atoms with Crippen molar-refractivity contribution in [3.63, 3.8) is 0 Å². The third-order valence-electron chi connectivity index (χ3n) is 11.7. The van der Waals surface area contributed by atoms with Gasteiger partial charge in [0.25, 0.3) is 0 Å². The van der Waals surface area contributed by atoms with Crippen LogP contribution in [0.3, 0.4) is 0 Å². The van der Waals surface area contributed by atoms with Crippen LogP contribution in [0.4, 0.5) is 0 Å². The normalized spacial score (nSPS) is 11.5. The van der Waals surface area contributed by atoms with E-state index in [-0.39, 0.29) is 0 Å². The molecule has 0 aliphatic rings. The number of thiophene rings is 1. The summed E-state index contributed by atoms with van der Waals surface area (Å²) in [6.07, 6.45) is 2.01. The third kappa shape index (κ3) is 6.08. The fourth-order valence-electron chi connectivity index (χ4n) is 8.87. The molecule has 12 aromatic rings. The Bertz CT molecular complexity index is 3560. The quantitative estimate of drug-likeness (QED) is 0.161. The monoisotopic (exact) mass is 809 g/mol. The molecule has 62 heavy (non-hydrogen) atoms. The molecule has 5 nitrogen and oxygen atoms in total. The summed E-state index contributed by atoms with van der Waals surface area (Å²) in [7, 11) is 0. The molecular weight excluding hydrogens is 775 g/mol. The van der Waals surface area contributed by atoms with Gasteiger partial charge in [-0.2, -0.15) is 0 Å². The summed E-state index contributed by atoms with van der Waals surface area (Å²) in [4.78, 5) is 21.0. The van der Waals surface area contributed by atoms with Gasteiger partial charge >= 0.3 is 0 Å². The lowest BCUT2D eigenvalue weighted by molar-refractivity contribution is 1.07. The van der Waals surface area contributed by atoms with Crippen LogP contribution in [-0.4, -0.2) is 24.5 Å². The minimum Gasteiger partial charge on any atom is -0.309 e. The number of hydrogen-bond donors (Lipinski definition) is 0. The van der Waals surface area contributed by atoms with Gasteiger partial charge in [-0.3, -0.25) is 4.98 Å². The van der Waals surface area contributed by atoms with E-state index < -0.39 is 0 Å². The average Bonchev–Trinajstić information content (AvgIpc) is 3.89. The smallest absolute Gasteiger partial charge is 0.166 e. The van der Waals surface area contributed by atoms with Crippen molar-refractivity contribution in [3.8, 4) is 73.4 Å². The van der Waals surface area contributed by atoms with Crippen LogP contribution in [0.2, 0.25) is 0 Å².